The molecule has 0 saturated heterocycles. The zero-order valence-electron chi connectivity index (χ0n) is 11.1. The average Bonchev–Trinajstić information content (AvgIpc) is 2.80. The SMILES string of the molecule is CC(Nc1ccc2oc(=O)[nH]c2c1)c1cc(Br)ccc1F. The predicted octanol–water partition coefficient (Wildman–Crippen LogP) is 4.20. The van der Waals surface area contributed by atoms with E-state index >= 15 is 0 Å². The van der Waals surface area contributed by atoms with Gasteiger partial charge in [-0.25, -0.2) is 9.18 Å². The summed E-state index contributed by atoms with van der Waals surface area (Å²) >= 11 is 3.34. The Balaban J connectivity index is 1.90. The van der Waals surface area contributed by atoms with Crippen LogP contribution in [0.3, 0.4) is 0 Å². The van der Waals surface area contributed by atoms with Gasteiger partial charge in [0.15, 0.2) is 5.58 Å². The third-order valence-corrected chi connectivity index (χ3v) is 3.72. The Kier molecular flexibility index (Phi) is 3.55. The van der Waals surface area contributed by atoms with Crippen molar-refractivity contribution in [2.75, 3.05) is 5.32 Å². The van der Waals surface area contributed by atoms with Crippen molar-refractivity contribution in [2.45, 2.75) is 13.0 Å². The first-order valence-electron chi connectivity index (χ1n) is 6.37. The highest BCUT2D eigenvalue weighted by molar-refractivity contribution is 9.10. The van der Waals surface area contributed by atoms with Crippen LogP contribution in [0.25, 0.3) is 11.1 Å². The number of halogens is 2. The minimum atomic E-state index is -0.492. The largest absolute Gasteiger partial charge is 0.417 e. The molecule has 3 rings (SSSR count). The van der Waals surface area contributed by atoms with Gasteiger partial charge in [-0.15, -0.1) is 0 Å². The summed E-state index contributed by atoms with van der Waals surface area (Å²) in [6.07, 6.45) is 0. The van der Waals surface area contributed by atoms with Crippen molar-refractivity contribution in [3.8, 4) is 0 Å². The maximum absolute atomic E-state index is 13.9. The second-order valence-electron chi connectivity index (χ2n) is 4.76. The summed E-state index contributed by atoms with van der Waals surface area (Å²) < 4.78 is 19.6. The van der Waals surface area contributed by atoms with E-state index in [1.165, 1.54) is 6.07 Å². The number of hydrogen-bond acceptors (Lipinski definition) is 3. The number of rotatable bonds is 3. The van der Waals surface area contributed by atoms with E-state index in [9.17, 15) is 9.18 Å². The van der Waals surface area contributed by atoms with Crippen LogP contribution in [0, 0.1) is 5.82 Å². The molecule has 1 heterocycles. The van der Waals surface area contributed by atoms with Crippen LogP contribution in [0.5, 0.6) is 0 Å². The zero-order valence-corrected chi connectivity index (χ0v) is 12.7. The molecule has 0 spiro atoms. The summed E-state index contributed by atoms with van der Waals surface area (Å²) in [5.74, 6) is -0.760. The molecule has 0 aliphatic heterocycles. The normalized spacial score (nSPS) is 12.5. The maximum Gasteiger partial charge on any atom is 0.417 e. The average molecular weight is 351 g/mol. The fraction of sp³-hybridized carbons (Fsp3) is 0.133. The summed E-state index contributed by atoms with van der Waals surface area (Å²) in [5.41, 5.74) is 2.43. The first-order chi connectivity index (χ1) is 10.0. The van der Waals surface area contributed by atoms with Crippen LogP contribution < -0.4 is 11.1 Å². The van der Waals surface area contributed by atoms with E-state index < -0.39 is 5.76 Å². The van der Waals surface area contributed by atoms with Crippen LogP contribution in [0.1, 0.15) is 18.5 Å². The Labute approximate surface area is 128 Å². The van der Waals surface area contributed by atoms with Crippen LogP contribution in [0.2, 0.25) is 0 Å². The van der Waals surface area contributed by atoms with Crippen molar-refractivity contribution in [1.29, 1.82) is 0 Å². The van der Waals surface area contributed by atoms with Gasteiger partial charge in [0.25, 0.3) is 0 Å². The summed E-state index contributed by atoms with van der Waals surface area (Å²) in [6.45, 7) is 1.87. The molecule has 6 heteroatoms. The Morgan fingerprint density at radius 1 is 1.29 bits per heavy atom. The van der Waals surface area contributed by atoms with Crippen molar-refractivity contribution >= 4 is 32.7 Å². The monoisotopic (exact) mass is 350 g/mol. The van der Waals surface area contributed by atoms with E-state index in [2.05, 4.69) is 26.2 Å². The highest BCUT2D eigenvalue weighted by atomic mass is 79.9. The van der Waals surface area contributed by atoms with Gasteiger partial charge in [0.1, 0.15) is 5.82 Å². The summed E-state index contributed by atoms with van der Waals surface area (Å²) in [6, 6.07) is 9.84. The number of aromatic nitrogens is 1. The van der Waals surface area contributed by atoms with Gasteiger partial charge in [0.05, 0.1) is 11.6 Å². The van der Waals surface area contributed by atoms with Crippen molar-refractivity contribution < 1.29 is 8.81 Å². The van der Waals surface area contributed by atoms with Crippen molar-refractivity contribution in [1.82, 2.24) is 4.98 Å². The van der Waals surface area contributed by atoms with Gasteiger partial charge in [-0.1, -0.05) is 15.9 Å². The van der Waals surface area contributed by atoms with Gasteiger partial charge in [-0.3, -0.25) is 4.98 Å². The molecule has 1 unspecified atom stereocenters. The molecule has 0 saturated carbocycles. The molecule has 1 aromatic heterocycles. The third-order valence-electron chi connectivity index (χ3n) is 3.23. The Morgan fingerprint density at radius 3 is 2.90 bits per heavy atom. The quantitative estimate of drug-likeness (QED) is 0.744. The number of nitrogens with one attached hydrogen (secondary N) is 2. The lowest BCUT2D eigenvalue weighted by Crippen LogP contribution is -2.08. The van der Waals surface area contributed by atoms with Crippen molar-refractivity contribution in [3.63, 3.8) is 0 Å². The van der Waals surface area contributed by atoms with Crippen LogP contribution in [0.15, 0.2) is 50.1 Å². The lowest BCUT2D eigenvalue weighted by Gasteiger charge is -2.16. The van der Waals surface area contributed by atoms with Crippen molar-refractivity contribution in [3.05, 3.63) is 62.8 Å². The van der Waals surface area contributed by atoms with E-state index in [0.29, 0.717) is 16.7 Å². The number of aromatic amines is 1. The third kappa shape index (κ3) is 2.85. The fourth-order valence-electron chi connectivity index (χ4n) is 2.22. The molecule has 3 aromatic rings. The van der Waals surface area contributed by atoms with Crippen LogP contribution in [0.4, 0.5) is 10.1 Å². The molecule has 0 fully saturated rings. The molecule has 0 aliphatic rings. The Morgan fingerprint density at radius 2 is 2.10 bits per heavy atom. The molecule has 2 N–H and O–H groups in total. The summed E-state index contributed by atoms with van der Waals surface area (Å²) in [7, 11) is 0. The highest BCUT2D eigenvalue weighted by Gasteiger charge is 2.12. The summed E-state index contributed by atoms with van der Waals surface area (Å²) in [5, 5.41) is 3.20. The topological polar surface area (TPSA) is 58.0 Å². The molecule has 2 aromatic carbocycles. The molecule has 0 radical (unpaired) electrons. The molecule has 108 valence electrons. The zero-order chi connectivity index (χ0) is 15.0. The van der Waals surface area contributed by atoms with Gasteiger partial charge in [-0.2, -0.15) is 0 Å². The van der Waals surface area contributed by atoms with E-state index in [1.54, 1.807) is 30.3 Å². The van der Waals surface area contributed by atoms with Gasteiger partial charge >= 0.3 is 5.76 Å². The molecule has 0 aliphatic carbocycles. The smallest absolute Gasteiger partial charge is 0.408 e. The van der Waals surface area contributed by atoms with Gasteiger partial charge in [0, 0.05) is 15.7 Å². The van der Waals surface area contributed by atoms with E-state index in [-0.39, 0.29) is 11.9 Å². The molecule has 4 nitrogen and oxygen atoms in total. The molecule has 1 atom stereocenters. The molecular weight excluding hydrogens is 339 g/mol. The highest BCUT2D eigenvalue weighted by Crippen LogP contribution is 2.26. The standard InChI is InChI=1S/C15H12BrFN2O2/c1-8(11-6-9(16)2-4-12(11)17)18-10-3-5-14-13(7-10)19-15(20)21-14/h2-8,18H,1H3,(H,19,20). The maximum atomic E-state index is 13.9. The van der Waals surface area contributed by atoms with Gasteiger partial charge < -0.3 is 9.73 Å². The number of fused-ring (bicyclic) bond motifs is 1. The van der Waals surface area contributed by atoms with E-state index in [0.717, 1.165) is 10.2 Å². The first-order valence-corrected chi connectivity index (χ1v) is 7.16. The summed E-state index contributed by atoms with van der Waals surface area (Å²) in [4.78, 5) is 13.7. The second-order valence-corrected chi connectivity index (χ2v) is 5.67. The molecule has 0 amide bonds. The molecule has 21 heavy (non-hydrogen) atoms. The van der Waals surface area contributed by atoms with Crippen LogP contribution in [-0.4, -0.2) is 4.98 Å². The number of benzene rings is 2. The Hall–Kier alpha value is -2.08. The molecule has 0 bridgehead atoms. The number of H-pyrrole nitrogens is 1. The lowest BCUT2D eigenvalue weighted by molar-refractivity contribution is 0.555. The fourth-order valence-corrected chi connectivity index (χ4v) is 2.59. The number of hydrogen-bond donors (Lipinski definition) is 2. The van der Waals surface area contributed by atoms with Gasteiger partial charge in [-0.05, 0) is 43.3 Å². The minimum Gasteiger partial charge on any atom is -0.408 e. The molecular formula is C15H12BrFN2O2. The number of anilines is 1. The van der Waals surface area contributed by atoms with Crippen LogP contribution in [-0.2, 0) is 0 Å². The van der Waals surface area contributed by atoms with E-state index in [1.807, 2.05) is 6.92 Å². The van der Waals surface area contributed by atoms with Crippen LogP contribution >= 0.6 is 15.9 Å². The minimum absolute atomic E-state index is 0.224. The van der Waals surface area contributed by atoms with E-state index in [4.69, 9.17) is 4.42 Å². The van der Waals surface area contributed by atoms with Crippen molar-refractivity contribution in [2.24, 2.45) is 0 Å². The lowest BCUT2D eigenvalue weighted by atomic mass is 10.1. The van der Waals surface area contributed by atoms with Gasteiger partial charge in [0.2, 0.25) is 0 Å². The second kappa shape index (κ2) is 5.37. The number of oxazole rings is 1. The first kappa shape index (κ1) is 13.9. The predicted molar refractivity (Wildman–Crippen MR) is 83.0 cm³/mol. The Bertz CT molecular complexity index is 856.